The number of tetrazole rings is 1. The van der Waals surface area contributed by atoms with E-state index in [9.17, 15) is 0 Å². The predicted molar refractivity (Wildman–Crippen MR) is 106 cm³/mol. The summed E-state index contributed by atoms with van der Waals surface area (Å²) in [6.45, 7) is 3.22. The molecule has 9 nitrogen and oxygen atoms in total. The minimum Gasteiger partial charge on any atom is -0.458 e. The maximum atomic E-state index is 6.32. The van der Waals surface area contributed by atoms with E-state index in [1.165, 1.54) is 0 Å². The summed E-state index contributed by atoms with van der Waals surface area (Å²) in [6.07, 6.45) is 1.03. The van der Waals surface area contributed by atoms with Crippen molar-refractivity contribution in [1.82, 2.24) is 34.7 Å². The molecule has 1 N–H and O–H groups in total. The molecule has 0 aliphatic rings. The maximum absolute atomic E-state index is 6.32. The smallest absolute Gasteiger partial charge is 0.305 e. The topological polar surface area (TPSA) is 95.6 Å². The van der Waals surface area contributed by atoms with E-state index in [1.807, 2.05) is 30.3 Å². The molecule has 0 radical (unpaired) electrons. The summed E-state index contributed by atoms with van der Waals surface area (Å²) in [7, 11) is 1.75. The summed E-state index contributed by atoms with van der Waals surface area (Å²) in [5, 5.41) is 15.5. The number of rotatable bonds is 7. The number of hydrogen-bond acceptors (Lipinski definition) is 7. The summed E-state index contributed by atoms with van der Waals surface area (Å²) >= 11 is 6.32. The Kier molecular flexibility index (Phi) is 5.07. The maximum Gasteiger partial charge on any atom is 0.305 e. The number of fused-ring (bicyclic) bond motifs is 1. The zero-order valence-electron chi connectivity index (χ0n) is 15.5. The van der Waals surface area contributed by atoms with Crippen molar-refractivity contribution < 1.29 is 4.74 Å². The molecule has 0 aliphatic heterocycles. The van der Waals surface area contributed by atoms with Crippen molar-refractivity contribution in [3.05, 3.63) is 47.1 Å². The number of hydrogen-bond donors (Lipinski definition) is 1. The van der Waals surface area contributed by atoms with Gasteiger partial charge in [-0.3, -0.25) is 0 Å². The lowest BCUT2D eigenvalue weighted by atomic mass is 10.3. The number of pyridine rings is 1. The van der Waals surface area contributed by atoms with Crippen LogP contribution in [0.2, 0.25) is 5.02 Å². The Bertz CT molecular complexity index is 1110. The van der Waals surface area contributed by atoms with Gasteiger partial charge in [-0.1, -0.05) is 35.8 Å². The van der Waals surface area contributed by atoms with Gasteiger partial charge in [0.2, 0.25) is 0 Å². The molecular formula is C18H19ClN8O. The van der Waals surface area contributed by atoms with Crippen molar-refractivity contribution in [2.45, 2.75) is 20.0 Å². The van der Waals surface area contributed by atoms with Crippen LogP contribution < -0.4 is 10.1 Å². The molecule has 0 atom stereocenters. The van der Waals surface area contributed by atoms with Gasteiger partial charge < -0.3 is 10.1 Å². The van der Waals surface area contributed by atoms with E-state index in [-0.39, 0.29) is 6.61 Å². The normalized spacial score (nSPS) is 11.1. The number of para-hydroxylation sites is 1. The molecule has 0 saturated carbocycles. The average Bonchev–Trinajstić information content (AvgIpc) is 3.28. The second kappa shape index (κ2) is 7.81. The van der Waals surface area contributed by atoms with Gasteiger partial charge in [0.15, 0.2) is 0 Å². The lowest BCUT2D eigenvalue weighted by molar-refractivity contribution is 0.272. The van der Waals surface area contributed by atoms with E-state index in [4.69, 9.17) is 16.3 Å². The second-order valence-corrected chi connectivity index (χ2v) is 6.58. The van der Waals surface area contributed by atoms with Crippen molar-refractivity contribution in [1.29, 1.82) is 0 Å². The summed E-state index contributed by atoms with van der Waals surface area (Å²) in [5.74, 6) is 1.29. The molecule has 0 aliphatic carbocycles. The number of nitrogens with zero attached hydrogens (tertiary/aromatic N) is 7. The van der Waals surface area contributed by atoms with Crippen molar-refractivity contribution in [2.24, 2.45) is 7.05 Å². The lowest BCUT2D eigenvalue weighted by Crippen LogP contribution is -2.09. The van der Waals surface area contributed by atoms with Crippen molar-refractivity contribution in [3.63, 3.8) is 0 Å². The molecule has 0 saturated heterocycles. The Balaban J connectivity index is 1.67. The number of anilines is 1. The first kappa shape index (κ1) is 18.2. The highest BCUT2D eigenvalue weighted by Gasteiger charge is 2.19. The fraction of sp³-hybridized carbons (Fsp3) is 0.278. The first-order valence-corrected chi connectivity index (χ1v) is 9.27. The Morgan fingerprint density at radius 2 is 2.00 bits per heavy atom. The third-order valence-electron chi connectivity index (χ3n) is 4.11. The number of halogens is 1. The average molecular weight is 399 g/mol. The number of benzene rings is 1. The Morgan fingerprint density at radius 1 is 1.14 bits per heavy atom. The van der Waals surface area contributed by atoms with Crippen LogP contribution in [0.5, 0.6) is 6.01 Å². The van der Waals surface area contributed by atoms with Gasteiger partial charge in [-0.05, 0) is 41.1 Å². The molecule has 144 valence electrons. The van der Waals surface area contributed by atoms with Gasteiger partial charge in [0, 0.05) is 13.6 Å². The van der Waals surface area contributed by atoms with E-state index < -0.39 is 0 Å². The SMILES string of the molecule is CCCNc1cccc(COc2nc3c(Cl)cccc3n2-c2nnnn2C)n1. The summed E-state index contributed by atoms with van der Waals surface area (Å²) in [5.41, 5.74) is 2.15. The monoisotopic (exact) mass is 398 g/mol. The third-order valence-corrected chi connectivity index (χ3v) is 4.42. The molecular weight excluding hydrogens is 380 g/mol. The van der Waals surface area contributed by atoms with Crippen molar-refractivity contribution in [2.75, 3.05) is 11.9 Å². The van der Waals surface area contributed by atoms with E-state index in [1.54, 1.807) is 22.4 Å². The van der Waals surface area contributed by atoms with E-state index in [2.05, 4.69) is 37.7 Å². The van der Waals surface area contributed by atoms with Gasteiger partial charge in [-0.15, -0.1) is 0 Å². The quantitative estimate of drug-likeness (QED) is 0.511. The summed E-state index contributed by atoms with van der Waals surface area (Å²) in [4.78, 5) is 9.11. The van der Waals surface area contributed by atoms with Gasteiger partial charge in [0.1, 0.15) is 17.9 Å². The minimum atomic E-state index is 0.244. The van der Waals surface area contributed by atoms with Crippen LogP contribution in [0.25, 0.3) is 17.0 Å². The van der Waals surface area contributed by atoms with Crippen molar-refractivity contribution >= 4 is 28.5 Å². The fourth-order valence-electron chi connectivity index (χ4n) is 2.80. The van der Waals surface area contributed by atoms with Gasteiger partial charge in [0.05, 0.1) is 16.2 Å². The number of imidazole rings is 1. The molecule has 0 bridgehead atoms. The van der Waals surface area contributed by atoms with Crippen molar-refractivity contribution in [3.8, 4) is 12.0 Å². The van der Waals surface area contributed by atoms with Gasteiger partial charge in [-0.2, -0.15) is 4.98 Å². The Hall–Kier alpha value is -3.20. The second-order valence-electron chi connectivity index (χ2n) is 6.17. The Morgan fingerprint density at radius 3 is 2.79 bits per heavy atom. The van der Waals surface area contributed by atoms with Crippen LogP contribution in [-0.2, 0) is 13.7 Å². The highest BCUT2D eigenvalue weighted by Crippen LogP contribution is 2.29. The molecule has 3 aromatic heterocycles. The highest BCUT2D eigenvalue weighted by molar-refractivity contribution is 6.35. The molecule has 28 heavy (non-hydrogen) atoms. The third kappa shape index (κ3) is 3.48. The first-order valence-electron chi connectivity index (χ1n) is 8.89. The van der Waals surface area contributed by atoms with Crippen LogP contribution in [0.15, 0.2) is 36.4 Å². The molecule has 10 heteroatoms. The molecule has 0 amide bonds. The fourth-order valence-corrected chi connectivity index (χ4v) is 3.01. The molecule has 0 fully saturated rings. The lowest BCUT2D eigenvalue weighted by Gasteiger charge is -2.09. The Labute approximate surface area is 166 Å². The summed E-state index contributed by atoms with van der Waals surface area (Å²) in [6, 6.07) is 11.6. The number of aromatic nitrogens is 7. The van der Waals surface area contributed by atoms with Crippen LogP contribution in [0, 0.1) is 0 Å². The van der Waals surface area contributed by atoms with E-state index in [0.29, 0.717) is 22.5 Å². The molecule has 4 rings (SSSR count). The molecule has 0 unspecified atom stereocenters. The van der Waals surface area contributed by atoms with Crippen LogP contribution in [-0.4, -0.2) is 41.3 Å². The summed E-state index contributed by atoms with van der Waals surface area (Å²) < 4.78 is 9.28. The van der Waals surface area contributed by atoms with Gasteiger partial charge in [-0.25, -0.2) is 14.2 Å². The molecule has 3 heterocycles. The first-order chi connectivity index (χ1) is 13.7. The van der Waals surface area contributed by atoms with Gasteiger partial charge >= 0.3 is 6.01 Å². The number of nitrogens with one attached hydrogen (secondary N) is 1. The molecule has 4 aromatic rings. The zero-order chi connectivity index (χ0) is 19.5. The van der Waals surface area contributed by atoms with Crippen LogP contribution in [0.3, 0.4) is 0 Å². The van der Waals surface area contributed by atoms with Gasteiger partial charge in [0.25, 0.3) is 5.95 Å². The molecule has 1 aromatic carbocycles. The van der Waals surface area contributed by atoms with E-state index >= 15 is 0 Å². The minimum absolute atomic E-state index is 0.244. The predicted octanol–water partition coefficient (Wildman–Crippen LogP) is 3.00. The number of ether oxygens (including phenoxy) is 1. The zero-order valence-corrected chi connectivity index (χ0v) is 16.3. The number of aryl methyl sites for hydroxylation is 1. The van der Waals surface area contributed by atoms with Crippen LogP contribution >= 0.6 is 11.6 Å². The van der Waals surface area contributed by atoms with Crippen LogP contribution in [0.4, 0.5) is 5.82 Å². The standard InChI is InChI=1S/C18H19ClN8O/c1-3-10-20-15-9-4-6-12(21-15)11-28-18-22-16-13(19)7-5-8-14(16)27(18)17-23-24-25-26(17)2/h4-9H,3,10-11H2,1-2H3,(H,20,21). The highest BCUT2D eigenvalue weighted by atomic mass is 35.5. The van der Waals surface area contributed by atoms with Crippen LogP contribution in [0.1, 0.15) is 19.0 Å². The molecule has 0 spiro atoms. The van der Waals surface area contributed by atoms with E-state index in [0.717, 1.165) is 30.0 Å². The largest absolute Gasteiger partial charge is 0.458 e.